The monoisotopic (exact) mass is 741 g/mol. The molecule has 0 heterocycles. The van der Waals surface area contributed by atoms with Gasteiger partial charge in [-0.1, -0.05) is 19.2 Å². The number of rotatable bonds is 19. The molecule has 0 saturated carbocycles. The van der Waals surface area contributed by atoms with Crippen LogP contribution in [0.25, 0.3) is 0 Å². The second-order valence-corrected chi connectivity index (χ2v) is 15.2. The molecule has 0 atom stereocenters. The van der Waals surface area contributed by atoms with Crippen LogP contribution in [-0.4, -0.2) is 59.1 Å². The average Bonchev–Trinajstić information content (AvgIpc) is 3.07. The number of ether oxygens (including phenoxy) is 6. The highest BCUT2D eigenvalue weighted by atomic mass is 16.6. The summed E-state index contributed by atoms with van der Waals surface area (Å²) < 4.78 is 34.2. The van der Waals surface area contributed by atoms with E-state index in [2.05, 4.69) is 13.2 Å². The third-order valence-corrected chi connectivity index (χ3v) is 7.81. The van der Waals surface area contributed by atoms with Crippen molar-refractivity contribution >= 4 is 30.1 Å². The lowest BCUT2D eigenvalue weighted by molar-refractivity contribution is -0.155. The molecule has 0 aliphatic rings. The number of carbonyl (C=O) groups excluding carboxylic acids is 4. The largest absolute Gasteiger partial charge is 0.488 e. The fraction of sp³-hybridized carbons (Fsp3) is 0.372. The maximum Gasteiger partial charge on any atom is 0.343 e. The Kier molecular flexibility index (Phi) is 14.1. The van der Waals surface area contributed by atoms with Gasteiger partial charge in [0, 0.05) is 43.2 Å². The minimum absolute atomic E-state index is 0.0852. The molecule has 0 amide bonds. The van der Waals surface area contributed by atoms with Gasteiger partial charge < -0.3 is 33.8 Å². The van der Waals surface area contributed by atoms with E-state index in [1.807, 2.05) is 27.7 Å². The van der Waals surface area contributed by atoms with Gasteiger partial charge in [-0.3, -0.25) is 0 Å². The van der Waals surface area contributed by atoms with Crippen molar-refractivity contribution in [1.82, 2.24) is 0 Å². The van der Waals surface area contributed by atoms with Crippen LogP contribution in [0.15, 0.2) is 92.0 Å². The van der Waals surface area contributed by atoms with Crippen molar-refractivity contribution in [2.75, 3.05) is 6.61 Å². The van der Waals surface area contributed by atoms with E-state index in [-0.39, 0.29) is 17.9 Å². The summed E-state index contributed by atoms with van der Waals surface area (Å²) in [5.74, 6) is -0.869. The summed E-state index contributed by atoms with van der Waals surface area (Å²) in [6, 6.07) is 18.1. The summed E-state index contributed by atoms with van der Waals surface area (Å²) in [4.78, 5) is 49.1. The van der Waals surface area contributed by atoms with Crippen LogP contribution >= 0.6 is 0 Å². The zero-order chi connectivity index (χ0) is 40.3. The topological polar surface area (TPSA) is 148 Å². The molecule has 0 unspecified atom stereocenters. The maximum absolute atomic E-state index is 13.0. The first-order chi connectivity index (χ1) is 25.1. The number of carbonyl (C=O) groups is 4. The molecule has 11 heteroatoms. The smallest absolute Gasteiger partial charge is 0.343 e. The van der Waals surface area contributed by atoms with Crippen molar-refractivity contribution in [2.24, 2.45) is 0 Å². The molecule has 1 N–H and O–H groups in total. The number of benzene rings is 3. The molecule has 54 heavy (non-hydrogen) atoms. The van der Waals surface area contributed by atoms with E-state index in [0.717, 1.165) is 23.9 Å². The Balaban J connectivity index is 1.52. The molecule has 0 saturated heterocycles. The second kappa shape index (κ2) is 17.9. The minimum Gasteiger partial charge on any atom is -0.488 e. The number of hydrogen-bond acceptors (Lipinski definition) is 11. The van der Waals surface area contributed by atoms with E-state index in [9.17, 15) is 19.2 Å². The first-order valence-electron chi connectivity index (χ1n) is 17.5. The fourth-order valence-electron chi connectivity index (χ4n) is 6.24. The molecule has 3 rings (SSSR count). The first kappa shape index (κ1) is 42.7. The zero-order valence-corrected chi connectivity index (χ0v) is 32.4. The highest BCUT2D eigenvalue weighted by Crippen LogP contribution is 2.31. The summed E-state index contributed by atoms with van der Waals surface area (Å²) in [6.45, 7) is 21.7. The van der Waals surface area contributed by atoms with Crippen molar-refractivity contribution < 1.29 is 47.6 Å². The summed E-state index contributed by atoms with van der Waals surface area (Å²) in [7, 11) is 0. The van der Waals surface area contributed by atoms with E-state index >= 15 is 0 Å². The normalized spacial score (nSPS) is 11.8. The summed E-state index contributed by atoms with van der Waals surface area (Å²) in [5.41, 5.74) is -1.16. The van der Waals surface area contributed by atoms with E-state index in [1.165, 1.54) is 0 Å². The van der Waals surface area contributed by atoms with Gasteiger partial charge in [0.25, 0.3) is 0 Å². The van der Waals surface area contributed by atoms with Crippen LogP contribution in [0.4, 0.5) is 0 Å². The van der Waals surface area contributed by atoms with Crippen LogP contribution in [0.3, 0.4) is 0 Å². The highest BCUT2D eigenvalue weighted by molar-refractivity contribution is 5.93. The molecule has 288 valence electrons. The predicted octanol–water partition coefficient (Wildman–Crippen LogP) is 8.41. The molecule has 0 aliphatic carbocycles. The van der Waals surface area contributed by atoms with Crippen LogP contribution in [-0.2, 0) is 30.2 Å². The van der Waals surface area contributed by atoms with Crippen molar-refractivity contribution in [3.8, 4) is 17.2 Å². The molecular formula is C43H51NO10. The van der Waals surface area contributed by atoms with Crippen LogP contribution in [0.5, 0.6) is 17.2 Å². The van der Waals surface area contributed by atoms with Gasteiger partial charge in [-0.2, -0.15) is 0 Å². The maximum atomic E-state index is 13.0. The number of hydrogen-bond donors (Lipinski definition) is 1. The van der Waals surface area contributed by atoms with E-state index < -0.39 is 46.3 Å². The third kappa shape index (κ3) is 13.7. The Morgan fingerprint density at radius 1 is 0.630 bits per heavy atom. The van der Waals surface area contributed by atoms with Gasteiger partial charge in [-0.25, -0.2) is 19.2 Å². The van der Waals surface area contributed by atoms with Gasteiger partial charge in [-0.15, -0.1) is 0 Å². The molecular weight excluding hydrogens is 690 g/mol. The Morgan fingerprint density at radius 2 is 1.07 bits per heavy atom. The summed E-state index contributed by atoms with van der Waals surface area (Å²) >= 11 is 0. The number of nitrogens with one attached hydrogen (secondary N) is 1. The van der Waals surface area contributed by atoms with E-state index in [4.69, 9.17) is 33.8 Å². The molecule has 11 nitrogen and oxygen atoms in total. The van der Waals surface area contributed by atoms with Gasteiger partial charge in [0.2, 0.25) is 0 Å². The Morgan fingerprint density at radius 3 is 1.50 bits per heavy atom. The van der Waals surface area contributed by atoms with Crippen LogP contribution < -0.4 is 14.2 Å². The lowest BCUT2D eigenvalue weighted by Gasteiger charge is -2.34. The lowest BCUT2D eigenvalue weighted by Crippen LogP contribution is -2.40. The van der Waals surface area contributed by atoms with Gasteiger partial charge in [0.15, 0.2) is 0 Å². The van der Waals surface area contributed by atoms with Crippen LogP contribution in [0.1, 0.15) is 100 Å². The average molecular weight is 742 g/mol. The molecule has 0 spiro atoms. The Bertz CT molecular complexity index is 1840. The molecule has 0 bridgehead atoms. The predicted molar refractivity (Wildman–Crippen MR) is 206 cm³/mol. The summed E-state index contributed by atoms with van der Waals surface area (Å²) in [6.07, 6.45) is 4.51. The van der Waals surface area contributed by atoms with Gasteiger partial charge >= 0.3 is 23.9 Å². The van der Waals surface area contributed by atoms with Crippen molar-refractivity contribution in [2.45, 2.75) is 97.1 Å². The van der Waals surface area contributed by atoms with Crippen molar-refractivity contribution in [3.05, 3.63) is 114 Å². The first-order valence-corrected chi connectivity index (χ1v) is 17.5. The quantitative estimate of drug-likeness (QED) is 0.0418. The van der Waals surface area contributed by atoms with E-state index in [1.54, 1.807) is 94.4 Å². The zero-order valence-electron chi connectivity index (χ0n) is 32.4. The fourth-order valence-corrected chi connectivity index (χ4v) is 6.24. The van der Waals surface area contributed by atoms with Gasteiger partial charge in [0.1, 0.15) is 39.7 Å². The Labute approximate surface area is 317 Å². The number of esters is 4. The van der Waals surface area contributed by atoms with Gasteiger partial charge in [-0.05, 0) is 122 Å². The highest BCUT2D eigenvalue weighted by Gasteiger charge is 2.34. The Hall–Kier alpha value is -5.71. The van der Waals surface area contributed by atoms with E-state index in [0.29, 0.717) is 41.9 Å². The molecule has 0 aliphatic heterocycles. The van der Waals surface area contributed by atoms with Crippen LogP contribution in [0.2, 0.25) is 0 Å². The molecule has 3 aromatic carbocycles. The van der Waals surface area contributed by atoms with Crippen LogP contribution in [0, 0.1) is 5.41 Å². The SMILES string of the molecule is C=CC(=O)OC(C)(C)CC(C)(C)Oc1ccc(C(=O)OCCc2ccc(OC(=O)c3ccc(OC(C)(C)CC(C)(C)OC(=O)C=C)cc3)c(C=N)c2)cc1. The van der Waals surface area contributed by atoms with Gasteiger partial charge in [0.05, 0.1) is 17.7 Å². The molecule has 0 radical (unpaired) electrons. The standard InChI is InChI=1S/C43H51NO10/c1-11-36(45)53-42(7,8)27-40(3,4)51-33-18-14-30(15-19-33)38(47)49-24-23-29-13-22-35(32(25-29)26-44)50-39(48)31-16-20-34(21-17-31)52-41(5,6)28-43(9,10)54-37(46)12-2/h11-22,25-26,44H,1-2,23-24,27-28H2,3-10H3. The minimum atomic E-state index is -0.792. The summed E-state index contributed by atoms with van der Waals surface area (Å²) in [5, 5.41) is 7.87. The van der Waals surface area contributed by atoms with Crippen molar-refractivity contribution in [1.29, 1.82) is 5.41 Å². The van der Waals surface area contributed by atoms with Crippen molar-refractivity contribution in [3.63, 3.8) is 0 Å². The molecule has 0 aromatic heterocycles. The second-order valence-electron chi connectivity index (χ2n) is 15.2. The third-order valence-electron chi connectivity index (χ3n) is 7.81. The lowest BCUT2D eigenvalue weighted by atomic mass is 9.92. The molecule has 3 aromatic rings. The molecule has 0 fully saturated rings.